The molecule has 2 saturated carbocycles. The maximum Gasteiger partial charge on any atom is 0.307 e. The third-order valence-corrected chi connectivity index (χ3v) is 7.35. The van der Waals surface area contributed by atoms with Crippen LogP contribution in [0.5, 0.6) is 0 Å². The molecule has 2 aromatic heterocycles. The van der Waals surface area contributed by atoms with Gasteiger partial charge < -0.3 is 15.0 Å². The highest BCUT2D eigenvalue weighted by Gasteiger charge is 2.44. The first kappa shape index (κ1) is 22.2. The Morgan fingerprint density at radius 2 is 1.81 bits per heavy atom. The van der Waals surface area contributed by atoms with Gasteiger partial charge in [0.25, 0.3) is 5.91 Å². The maximum absolute atomic E-state index is 13.1. The number of carboxylic acid groups (broad SMARTS) is 1. The zero-order valence-corrected chi connectivity index (χ0v) is 19.6. The average molecular weight is 480 g/mol. The van der Waals surface area contributed by atoms with E-state index in [2.05, 4.69) is 10.3 Å². The Hall–Kier alpha value is -4.26. The molecule has 2 heterocycles. The van der Waals surface area contributed by atoms with Crippen molar-refractivity contribution in [1.82, 2.24) is 14.9 Å². The predicted molar refractivity (Wildman–Crippen MR) is 136 cm³/mol. The summed E-state index contributed by atoms with van der Waals surface area (Å²) in [5.74, 6) is -1.28. The zero-order chi connectivity index (χ0) is 24.8. The van der Waals surface area contributed by atoms with Crippen LogP contribution in [0.4, 0.5) is 0 Å². The van der Waals surface area contributed by atoms with Crippen molar-refractivity contribution < 1.29 is 14.7 Å². The Labute approximate surface area is 207 Å². The number of pyridine rings is 2. The monoisotopic (exact) mass is 479 g/mol. The molecule has 0 bridgehead atoms. The molecule has 4 aromatic rings. The number of nitrogens with one attached hydrogen (secondary N) is 1. The number of hydrogen-bond acceptors (Lipinski definition) is 4. The molecule has 1 amide bonds. The van der Waals surface area contributed by atoms with Crippen LogP contribution in [-0.4, -0.2) is 32.6 Å². The van der Waals surface area contributed by atoms with Crippen LogP contribution in [0.25, 0.3) is 27.8 Å². The van der Waals surface area contributed by atoms with E-state index in [4.69, 9.17) is 0 Å². The number of hydrogen-bond donors (Lipinski definition) is 2. The fourth-order valence-electron chi connectivity index (χ4n) is 4.93. The van der Waals surface area contributed by atoms with E-state index in [9.17, 15) is 19.5 Å². The minimum absolute atomic E-state index is 0.0889. The van der Waals surface area contributed by atoms with E-state index in [-0.39, 0.29) is 34.8 Å². The second-order valence-corrected chi connectivity index (χ2v) is 9.68. The van der Waals surface area contributed by atoms with Crippen LogP contribution in [0.3, 0.4) is 0 Å². The number of carbonyl (C=O) groups excluding carboxylic acids is 1. The van der Waals surface area contributed by atoms with Gasteiger partial charge in [-0.15, -0.1) is 0 Å². The molecule has 2 atom stereocenters. The summed E-state index contributed by atoms with van der Waals surface area (Å²) in [4.78, 5) is 41.8. The number of carbonyl (C=O) groups is 2. The first-order chi connectivity index (χ1) is 17.5. The lowest BCUT2D eigenvalue weighted by Gasteiger charge is -2.26. The summed E-state index contributed by atoms with van der Waals surface area (Å²) in [6.45, 7) is 0. The Morgan fingerprint density at radius 3 is 2.50 bits per heavy atom. The minimum Gasteiger partial charge on any atom is -0.481 e. The van der Waals surface area contributed by atoms with Crippen molar-refractivity contribution in [1.29, 1.82) is 0 Å². The first-order valence-corrected chi connectivity index (χ1v) is 12.2. The van der Waals surface area contributed by atoms with Gasteiger partial charge in [0.05, 0.1) is 11.3 Å². The zero-order valence-electron chi connectivity index (χ0n) is 19.6. The summed E-state index contributed by atoms with van der Waals surface area (Å²) < 4.78 is 1.80. The van der Waals surface area contributed by atoms with Gasteiger partial charge in [-0.25, -0.2) is 4.98 Å². The lowest BCUT2D eigenvalue weighted by molar-refractivity contribution is -0.138. The topological polar surface area (TPSA) is 101 Å². The average Bonchev–Trinajstić information content (AvgIpc) is 3.68. The summed E-state index contributed by atoms with van der Waals surface area (Å²) in [5.41, 5.74) is 4.06. The molecular weight excluding hydrogens is 454 g/mol. The van der Waals surface area contributed by atoms with E-state index in [1.807, 2.05) is 48.5 Å². The largest absolute Gasteiger partial charge is 0.481 e. The van der Waals surface area contributed by atoms with Crippen molar-refractivity contribution in [3.8, 4) is 16.8 Å². The molecule has 0 aliphatic heterocycles. The summed E-state index contributed by atoms with van der Waals surface area (Å²) in [5, 5.41) is 12.6. The lowest BCUT2D eigenvalue weighted by atomic mass is 9.93. The van der Waals surface area contributed by atoms with Gasteiger partial charge in [0.1, 0.15) is 11.2 Å². The first-order valence-electron chi connectivity index (χ1n) is 12.2. The SMILES string of the molecule is O=C(NC1CCC1)c1cn(-c2cccc(-c3ccc([C@@H]4C[C@H]4C(=O)O)cc3)c2)c2ncccc2c1=O. The Balaban J connectivity index is 1.37. The summed E-state index contributed by atoms with van der Waals surface area (Å²) in [7, 11) is 0. The third-order valence-electron chi connectivity index (χ3n) is 7.35. The molecule has 7 nitrogen and oxygen atoms in total. The van der Waals surface area contributed by atoms with Gasteiger partial charge in [-0.1, -0.05) is 36.4 Å². The smallest absolute Gasteiger partial charge is 0.307 e. The standard InChI is InChI=1S/C29H25N3O4/c33-26-22-8-3-13-30-27(22)32(16-25(26)28(34)31-20-5-2-6-20)21-7-1-4-19(14-21)17-9-11-18(12-10-17)23-15-24(23)29(35)36/h1,3-4,7-14,16,20,23-24H,2,5-6,15H2,(H,31,34)(H,35,36)/t23-,24+/m0/s1. The van der Waals surface area contributed by atoms with Gasteiger partial charge in [-0.2, -0.15) is 0 Å². The molecule has 2 aliphatic rings. The second-order valence-electron chi connectivity index (χ2n) is 9.68. The molecule has 180 valence electrons. The molecule has 2 fully saturated rings. The quantitative estimate of drug-likeness (QED) is 0.423. The van der Waals surface area contributed by atoms with Crippen LogP contribution < -0.4 is 10.7 Å². The van der Waals surface area contributed by atoms with Crippen LogP contribution >= 0.6 is 0 Å². The minimum atomic E-state index is -0.737. The normalized spacial score (nSPS) is 19.0. The van der Waals surface area contributed by atoms with E-state index in [0.29, 0.717) is 17.5 Å². The van der Waals surface area contributed by atoms with E-state index in [1.54, 1.807) is 29.1 Å². The van der Waals surface area contributed by atoms with Gasteiger partial charge in [-0.3, -0.25) is 14.4 Å². The highest BCUT2D eigenvalue weighted by molar-refractivity contribution is 5.97. The second kappa shape index (κ2) is 8.75. The van der Waals surface area contributed by atoms with Crippen LogP contribution in [0, 0.1) is 5.92 Å². The van der Waals surface area contributed by atoms with Crippen LogP contribution in [0.1, 0.15) is 47.5 Å². The highest BCUT2D eigenvalue weighted by Crippen LogP contribution is 2.47. The molecule has 0 radical (unpaired) electrons. The molecule has 6 rings (SSSR count). The number of rotatable bonds is 6. The van der Waals surface area contributed by atoms with Crippen LogP contribution in [0.2, 0.25) is 0 Å². The van der Waals surface area contributed by atoms with E-state index in [0.717, 1.165) is 41.6 Å². The predicted octanol–water partition coefficient (Wildman–Crippen LogP) is 4.52. The van der Waals surface area contributed by atoms with Gasteiger partial charge in [-0.05, 0) is 72.6 Å². The molecule has 7 heteroatoms. The van der Waals surface area contributed by atoms with Gasteiger partial charge in [0.2, 0.25) is 5.43 Å². The summed E-state index contributed by atoms with van der Waals surface area (Å²) >= 11 is 0. The number of benzene rings is 2. The Bertz CT molecular complexity index is 1550. The summed E-state index contributed by atoms with van der Waals surface area (Å²) in [6, 6.07) is 19.4. The Kier molecular flexibility index (Phi) is 5.40. The lowest BCUT2D eigenvalue weighted by Crippen LogP contribution is -2.41. The molecule has 0 unspecified atom stereocenters. The van der Waals surface area contributed by atoms with Crippen molar-refractivity contribution >= 4 is 22.9 Å². The number of nitrogens with zero attached hydrogens (tertiary/aromatic N) is 2. The van der Waals surface area contributed by atoms with Crippen molar-refractivity contribution in [3.05, 3.63) is 94.4 Å². The van der Waals surface area contributed by atoms with E-state index >= 15 is 0 Å². The molecule has 36 heavy (non-hydrogen) atoms. The third kappa shape index (κ3) is 3.96. The van der Waals surface area contributed by atoms with E-state index < -0.39 is 5.97 Å². The maximum atomic E-state index is 13.1. The summed E-state index contributed by atoms with van der Waals surface area (Å²) in [6.07, 6.45) is 6.88. The van der Waals surface area contributed by atoms with Crippen molar-refractivity contribution in [2.75, 3.05) is 0 Å². The number of amides is 1. The van der Waals surface area contributed by atoms with Crippen LogP contribution in [-0.2, 0) is 4.79 Å². The number of aliphatic carboxylic acids is 1. The van der Waals surface area contributed by atoms with Gasteiger partial charge in [0.15, 0.2) is 0 Å². The van der Waals surface area contributed by atoms with E-state index in [1.165, 1.54) is 0 Å². The van der Waals surface area contributed by atoms with Crippen molar-refractivity contribution in [3.63, 3.8) is 0 Å². The number of fused-ring (bicyclic) bond motifs is 1. The fourth-order valence-corrected chi connectivity index (χ4v) is 4.93. The fraction of sp³-hybridized carbons (Fsp3) is 0.241. The van der Waals surface area contributed by atoms with Crippen molar-refractivity contribution in [2.24, 2.45) is 5.92 Å². The molecule has 0 saturated heterocycles. The molecule has 2 aliphatic carbocycles. The van der Waals surface area contributed by atoms with Crippen molar-refractivity contribution in [2.45, 2.75) is 37.6 Å². The molecular formula is C29H25N3O4. The highest BCUT2D eigenvalue weighted by atomic mass is 16.4. The molecule has 2 aromatic carbocycles. The molecule has 2 N–H and O–H groups in total. The number of aromatic nitrogens is 2. The number of carboxylic acids is 1. The van der Waals surface area contributed by atoms with Gasteiger partial charge in [0, 0.05) is 24.1 Å². The van der Waals surface area contributed by atoms with Crippen LogP contribution in [0.15, 0.2) is 77.9 Å². The van der Waals surface area contributed by atoms with Gasteiger partial charge >= 0.3 is 5.97 Å². The Morgan fingerprint density at radius 1 is 1.00 bits per heavy atom. The molecule has 0 spiro atoms.